The van der Waals surface area contributed by atoms with Crippen molar-refractivity contribution in [3.63, 3.8) is 0 Å². The van der Waals surface area contributed by atoms with Crippen LogP contribution in [0.2, 0.25) is 0 Å². The fourth-order valence-electron chi connectivity index (χ4n) is 3.65. The van der Waals surface area contributed by atoms with E-state index in [1.807, 2.05) is 4.90 Å². The minimum atomic E-state index is -0.811. The van der Waals surface area contributed by atoms with Crippen LogP contribution in [-0.2, 0) is 9.53 Å². The Morgan fingerprint density at radius 2 is 2.04 bits per heavy atom. The predicted octanol–water partition coefficient (Wildman–Crippen LogP) is 2.73. The summed E-state index contributed by atoms with van der Waals surface area (Å²) in [5, 5.41) is 14.4. The lowest BCUT2D eigenvalue weighted by Crippen LogP contribution is -2.46. The molecule has 1 atom stereocenters. The largest absolute Gasteiger partial charge is 0.463 e. The quantitative estimate of drug-likeness (QED) is 0.472. The Morgan fingerprint density at radius 3 is 2.64 bits per heavy atom. The highest BCUT2D eigenvalue weighted by molar-refractivity contribution is 5.95. The van der Waals surface area contributed by atoms with Crippen molar-refractivity contribution in [2.75, 3.05) is 31.6 Å². The van der Waals surface area contributed by atoms with E-state index in [9.17, 15) is 19.7 Å². The number of ether oxygens (including phenoxy) is 1. The van der Waals surface area contributed by atoms with E-state index in [0.29, 0.717) is 16.9 Å². The summed E-state index contributed by atoms with van der Waals surface area (Å²) in [6.45, 7) is 5.10. The van der Waals surface area contributed by atoms with Crippen LogP contribution < -0.4 is 10.2 Å². The molecule has 1 aromatic rings. The van der Waals surface area contributed by atoms with E-state index in [0.717, 1.165) is 25.9 Å². The van der Waals surface area contributed by atoms with Gasteiger partial charge in [-0.25, -0.2) is 9.59 Å². The van der Waals surface area contributed by atoms with E-state index in [-0.39, 0.29) is 23.9 Å². The number of hydrogen-bond donors (Lipinski definition) is 1. The Hall–Kier alpha value is -3.10. The van der Waals surface area contributed by atoms with E-state index in [1.165, 1.54) is 11.0 Å². The number of amides is 2. The van der Waals surface area contributed by atoms with Gasteiger partial charge in [0.05, 0.1) is 23.1 Å². The molecule has 0 spiro atoms. The van der Waals surface area contributed by atoms with E-state index >= 15 is 0 Å². The van der Waals surface area contributed by atoms with Gasteiger partial charge < -0.3 is 19.9 Å². The van der Waals surface area contributed by atoms with Crippen LogP contribution in [-0.4, -0.2) is 48.6 Å². The molecule has 1 N–H and O–H groups in total. The summed E-state index contributed by atoms with van der Waals surface area (Å²) in [5.74, 6) is -0.553. The molecule has 2 heterocycles. The van der Waals surface area contributed by atoms with Crippen molar-refractivity contribution in [2.45, 2.75) is 32.7 Å². The number of urea groups is 1. The number of carbonyl (C=O) groups is 2. The zero-order chi connectivity index (χ0) is 20.4. The average molecular weight is 388 g/mol. The zero-order valence-corrected chi connectivity index (χ0v) is 16.2. The van der Waals surface area contributed by atoms with E-state index in [4.69, 9.17) is 4.74 Å². The van der Waals surface area contributed by atoms with Crippen molar-refractivity contribution in [2.24, 2.45) is 0 Å². The Kier molecular flexibility index (Phi) is 5.53. The Labute approximate surface area is 163 Å². The monoisotopic (exact) mass is 388 g/mol. The van der Waals surface area contributed by atoms with Crippen LogP contribution in [0, 0.1) is 10.1 Å². The number of rotatable bonds is 5. The van der Waals surface area contributed by atoms with E-state index in [2.05, 4.69) is 5.32 Å². The molecule has 2 amide bonds. The van der Waals surface area contributed by atoms with Crippen LogP contribution >= 0.6 is 0 Å². The van der Waals surface area contributed by atoms with Gasteiger partial charge in [0.15, 0.2) is 0 Å². The minimum absolute atomic E-state index is 0.0339. The maximum Gasteiger partial charge on any atom is 0.338 e. The molecule has 28 heavy (non-hydrogen) atoms. The van der Waals surface area contributed by atoms with Crippen LogP contribution in [0.3, 0.4) is 0 Å². The van der Waals surface area contributed by atoms with Crippen LogP contribution in [0.1, 0.15) is 38.3 Å². The highest BCUT2D eigenvalue weighted by atomic mass is 16.6. The molecule has 0 aromatic heterocycles. The molecule has 2 aliphatic heterocycles. The van der Waals surface area contributed by atoms with Crippen molar-refractivity contribution in [1.29, 1.82) is 0 Å². The lowest BCUT2D eigenvalue weighted by molar-refractivity contribution is -0.384. The fourth-order valence-corrected chi connectivity index (χ4v) is 3.65. The zero-order valence-electron chi connectivity index (χ0n) is 16.2. The molecule has 1 fully saturated rings. The second-order valence-electron chi connectivity index (χ2n) is 6.86. The van der Waals surface area contributed by atoms with Gasteiger partial charge in [0, 0.05) is 31.9 Å². The van der Waals surface area contributed by atoms with Crippen molar-refractivity contribution in [3.8, 4) is 0 Å². The summed E-state index contributed by atoms with van der Waals surface area (Å²) >= 11 is 0. The highest BCUT2D eigenvalue weighted by Crippen LogP contribution is 2.37. The summed E-state index contributed by atoms with van der Waals surface area (Å²) in [4.78, 5) is 39.4. The number of nitrogens with zero attached hydrogens (tertiary/aromatic N) is 3. The average Bonchev–Trinajstić information content (AvgIpc) is 3.20. The molecule has 9 heteroatoms. The molecular weight excluding hydrogens is 364 g/mol. The molecule has 0 bridgehead atoms. The summed E-state index contributed by atoms with van der Waals surface area (Å²) in [6, 6.07) is 3.66. The molecule has 9 nitrogen and oxygen atoms in total. The SMILES string of the molecule is CCOC(=O)C1=C(C)N(C)C(=O)N[C@H]1c1ccc(N2CCCC2)c([N+](=O)[O-])c1. The Bertz CT molecular complexity index is 845. The molecule has 1 saturated heterocycles. The Balaban J connectivity index is 2.07. The third kappa shape index (κ3) is 3.51. The van der Waals surface area contributed by atoms with E-state index in [1.54, 1.807) is 33.0 Å². The Morgan fingerprint density at radius 1 is 1.36 bits per heavy atom. The lowest BCUT2D eigenvalue weighted by atomic mass is 9.94. The van der Waals surface area contributed by atoms with Crippen molar-refractivity contribution in [3.05, 3.63) is 45.1 Å². The number of nitrogens with one attached hydrogen (secondary N) is 1. The van der Waals surface area contributed by atoms with Gasteiger partial charge in [-0.15, -0.1) is 0 Å². The predicted molar refractivity (Wildman–Crippen MR) is 103 cm³/mol. The molecule has 0 saturated carbocycles. The minimum Gasteiger partial charge on any atom is -0.463 e. The highest BCUT2D eigenvalue weighted by Gasteiger charge is 2.36. The molecule has 1 aromatic carbocycles. The molecule has 150 valence electrons. The second kappa shape index (κ2) is 7.87. The second-order valence-corrected chi connectivity index (χ2v) is 6.86. The summed E-state index contributed by atoms with van der Waals surface area (Å²) < 4.78 is 5.15. The topological polar surface area (TPSA) is 105 Å². The van der Waals surface area contributed by atoms with E-state index < -0.39 is 16.9 Å². The van der Waals surface area contributed by atoms with Crippen LogP contribution in [0.5, 0.6) is 0 Å². The number of benzene rings is 1. The maximum absolute atomic E-state index is 12.5. The third-order valence-electron chi connectivity index (χ3n) is 5.23. The molecule has 0 aliphatic carbocycles. The van der Waals surface area contributed by atoms with Crippen LogP contribution in [0.25, 0.3) is 0 Å². The van der Waals surface area contributed by atoms with Crippen LogP contribution in [0.4, 0.5) is 16.2 Å². The first-order valence-corrected chi connectivity index (χ1v) is 9.30. The number of allylic oxidation sites excluding steroid dienone is 1. The van der Waals surface area contributed by atoms with Crippen molar-refractivity contribution < 1.29 is 19.2 Å². The number of anilines is 1. The summed E-state index contributed by atoms with van der Waals surface area (Å²) in [7, 11) is 1.55. The van der Waals surface area contributed by atoms with Crippen molar-refractivity contribution >= 4 is 23.4 Å². The van der Waals surface area contributed by atoms with Gasteiger partial charge in [0.25, 0.3) is 5.69 Å². The summed E-state index contributed by atoms with van der Waals surface area (Å²) in [5.41, 5.74) is 1.72. The first-order chi connectivity index (χ1) is 13.3. The molecule has 3 rings (SSSR count). The third-order valence-corrected chi connectivity index (χ3v) is 5.23. The van der Waals surface area contributed by atoms with Crippen LogP contribution in [0.15, 0.2) is 29.5 Å². The van der Waals surface area contributed by atoms with Gasteiger partial charge in [-0.1, -0.05) is 6.07 Å². The summed E-state index contributed by atoms with van der Waals surface area (Å²) in [6.07, 6.45) is 2.00. The van der Waals surface area contributed by atoms with Gasteiger partial charge in [0.1, 0.15) is 5.69 Å². The van der Waals surface area contributed by atoms with Crippen molar-refractivity contribution in [1.82, 2.24) is 10.2 Å². The first kappa shape index (κ1) is 19.7. The maximum atomic E-state index is 12.5. The fraction of sp³-hybridized carbons (Fsp3) is 0.474. The number of hydrogen-bond acceptors (Lipinski definition) is 6. The van der Waals surface area contributed by atoms with Gasteiger partial charge in [-0.3, -0.25) is 10.1 Å². The number of nitro groups is 1. The first-order valence-electron chi connectivity index (χ1n) is 9.30. The molecule has 0 radical (unpaired) electrons. The lowest BCUT2D eigenvalue weighted by Gasteiger charge is -2.33. The number of carbonyl (C=O) groups excluding carboxylic acids is 2. The number of esters is 1. The van der Waals surface area contributed by atoms with Gasteiger partial charge in [0.2, 0.25) is 0 Å². The molecule has 0 unspecified atom stereocenters. The molecular formula is C19H24N4O5. The molecule has 2 aliphatic rings. The smallest absolute Gasteiger partial charge is 0.338 e. The number of nitro benzene ring substituents is 1. The van der Waals surface area contributed by atoms with Gasteiger partial charge in [-0.05, 0) is 38.3 Å². The standard InChI is InChI=1S/C19H24N4O5/c1-4-28-18(24)16-12(2)21(3)19(25)20-17(16)13-7-8-14(15(11-13)23(26)27)22-9-5-6-10-22/h7-8,11,17H,4-6,9-10H2,1-3H3,(H,20,25)/t17-/m0/s1. The van der Waals surface area contributed by atoms with Gasteiger partial charge >= 0.3 is 12.0 Å². The van der Waals surface area contributed by atoms with Gasteiger partial charge in [-0.2, -0.15) is 0 Å². The normalized spacial score (nSPS) is 19.7.